The maximum atomic E-state index is 11.4. The highest BCUT2D eigenvalue weighted by Crippen LogP contribution is 2.28. The average Bonchev–Trinajstić information content (AvgIpc) is 2.28. The normalized spacial score (nSPS) is 11.0. The van der Waals surface area contributed by atoms with Crippen LogP contribution in [0.4, 0.5) is 0 Å². The Kier molecular flexibility index (Phi) is 3.41. The molecule has 0 fully saturated rings. The Morgan fingerprint density at radius 2 is 1.88 bits per heavy atom. The highest BCUT2D eigenvalue weighted by Gasteiger charge is 2.30. The van der Waals surface area contributed by atoms with Crippen LogP contribution in [0.15, 0.2) is 18.2 Å². The van der Waals surface area contributed by atoms with E-state index in [-0.39, 0.29) is 11.3 Å². The number of phenolic OH excluding ortho intramolecular Hbond substituents is 1. The second-order valence-corrected chi connectivity index (χ2v) is 4.15. The van der Waals surface area contributed by atoms with Crippen LogP contribution in [0.25, 0.3) is 0 Å². The molecule has 0 bridgehead atoms. The lowest BCUT2D eigenvalue weighted by Gasteiger charge is -2.20. The molecule has 0 saturated heterocycles. The molecule has 0 unspecified atom stereocenters. The van der Waals surface area contributed by atoms with Crippen molar-refractivity contribution in [2.45, 2.75) is 19.3 Å². The van der Waals surface area contributed by atoms with Gasteiger partial charge in [0.2, 0.25) is 0 Å². The third kappa shape index (κ3) is 2.38. The predicted molar refractivity (Wildman–Crippen MR) is 60.1 cm³/mol. The molecular weight excluding hydrogens is 224 g/mol. The van der Waals surface area contributed by atoms with E-state index in [0.29, 0.717) is 5.56 Å². The number of ether oxygens (including phenoxy) is 1. The summed E-state index contributed by atoms with van der Waals surface area (Å²) in [6.07, 6.45) is 0. The highest BCUT2D eigenvalue weighted by molar-refractivity contribution is 5.93. The maximum Gasteiger partial charge on any atom is 0.341 e. The molecule has 17 heavy (non-hydrogen) atoms. The van der Waals surface area contributed by atoms with Gasteiger partial charge in [-0.2, -0.15) is 0 Å². The zero-order valence-electron chi connectivity index (χ0n) is 9.85. The molecule has 1 aromatic carbocycles. The first-order chi connectivity index (χ1) is 7.80. The van der Waals surface area contributed by atoms with Crippen LogP contribution in [-0.4, -0.2) is 29.3 Å². The summed E-state index contributed by atoms with van der Waals surface area (Å²) in [5, 5.41) is 18.6. The summed E-state index contributed by atoms with van der Waals surface area (Å²) in [7, 11) is 1.19. The largest absolute Gasteiger partial charge is 0.507 e. The van der Waals surface area contributed by atoms with Gasteiger partial charge in [0, 0.05) is 0 Å². The molecule has 0 heterocycles. The minimum atomic E-state index is -1.14. The van der Waals surface area contributed by atoms with Gasteiger partial charge in [-0.1, -0.05) is 6.07 Å². The van der Waals surface area contributed by atoms with Crippen LogP contribution in [0, 0.1) is 0 Å². The lowest BCUT2D eigenvalue weighted by Crippen LogP contribution is -2.28. The van der Waals surface area contributed by atoms with Gasteiger partial charge in [0.15, 0.2) is 0 Å². The maximum absolute atomic E-state index is 11.4. The number of aliphatic carboxylic acids is 1. The van der Waals surface area contributed by atoms with Crippen LogP contribution in [0.1, 0.15) is 29.8 Å². The molecule has 0 aliphatic carbocycles. The Morgan fingerprint density at radius 3 is 2.35 bits per heavy atom. The van der Waals surface area contributed by atoms with E-state index in [2.05, 4.69) is 4.74 Å². The van der Waals surface area contributed by atoms with Crippen molar-refractivity contribution in [3.05, 3.63) is 29.3 Å². The Morgan fingerprint density at radius 1 is 1.29 bits per heavy atom. The van der Waals surface area contributed by atoms with Gasteiger partial charge in [-0.25, -0.2) is 4.79 Å². The Labute approximate surface area is 98.6 Å². The van der Waals surface area contributed by atoms with Crippen molar-refractivity contribution in [2.24, 2.45) is 0 Å². The average molecular weight is 238 g/mol. The number of benzene rings is 1. The van der Waals surface area contributed by atoms with Crippen molar-refractivity contribution in [2.75, 3.05) is 7.11 Å². The van der Waals surface area contributed by atoms with E-state index in [0.717, 1.165) is 0 Å². The first kappa shape index (κ1) is 13.0. The van der Waals surface area contributed by atoms with Crippen molar-refractivity contribution >= 4 is 11.9 Å². The van der Waals surface area contributed by atoms with E-state index >= 15 is 0 Å². The number of rotatable bonds is 3. The number of hydrogen-bond donors (Lipinski definition) is 2. The van der Waals surface area contributed by atoms with Crippen molar-refractivity contribution in [1.82, 2.24) is 0 Å². The minimum absolute atomic E-state index is 0.0423. The number of esters is 1. The molecule has 0 saturated carbocycles. The van der Waals surface area contributed by atoms with Crippen LogP contribution in [0.2, 0.25) is 0 Å². The minimum Gasteiger partial charge on any atom is -0.507 e. The molecule has 2 N–H and O–H groups in total. The molecule has 1 aromatic rings. The summed E-state index contributed by atoms with van der Waals surface area (Å²) in [5.41, 5.74) is -0.765. The lowest BCUT2D eigenvalue weighted by molar-refractivity contribution is -0.142. The fourth-order valence-electron chi connectivity index (χ4n) is 1.32. The number of carbonyl (C=O) groups excluding carboxylic acids is 1. The fraction of sp³-hybridized carbons (Fsp3) is 0.333. The third-order valence-corrected chi connectivity index (χ3v) is 2.66. The second-order valence-electron chi connectivity index (χ2n) is 4.15. The SMILES string of the molecule is COC(=O)c1cc(C(C)(C)C(=O)O)ccc1O. The second kappa shape index (κ2) is 4.45. The van der Waals surface area contributed by atoms with Crippen LogP contribution in [0.5, 0.6) is 5.75 Å². The summed E-state index contributed by atoms with van der Waals surface area (Å²) < 4.78 is 4.50. The summed E-state index contributed by atoms with van der Waals surface area (Å²) >= 11 is 0. The molecule has 0 aliphatic rings. The van der Waals surface area contributed by atoms with Gasteiger partial charge in [-0.3, -0.25) is 4.79 Å². The molecule has 1 rings (SSSR count). The van der Waals surface area contributed by atoms with Crippen LogP contribution >= 0.6 is 0 Å². The molecule has 0 aliphatic heterocycles. The highest BCUT2D eigenvalue weighted by atomic mass is 16.5. The fourth-order valence-corrected chi connectivity index (χ4v) is 1.32. The molecule has 5 nitrogen and oxygen atoms in total. The van der Waals surface area contributed by atoms with Crippen LogP contribution in [-0.2, 0) is 14.9 Å². The summed E-state index contributed by atoms with van der Waals surface area (Å²) in [5.74, 6) is -1.95. The topological polar surface area (TPSA) is 83.8 Å². The lowest BCUT2D eigenvalue weighted by atomic mass is 9.84. The summed E-state index contributed by atoms with van der Waals surface area (Å²) in [4.78, 5) is 22.4. The van der Waals surface area contributed by atoms with E-state index in [1.165, 1.54) is 39.2 Å². The Balaban J connectivity index is 3.31. The quantitative estimate of drug-likeness (QED) is 0.780. The molecule has 0 spiro atoms. The smallest absolute Gasteiger partial charge is 0.341 e. The monoisotopic (exact) mass is 238 g/mol. The molecule has 0 atom stereocenters. The van der Waals surface area contributed by atoms with E-state index in [4.69, 9.17) is 5.11 Å². The first-order valence-corrected chi connectivity index (χ1v) is 4.96. The van der Waals surface area contributed by atoms with Crippen molar-refractivity contribution in [3.63, 3.8) is 0 Å². The van der Waals surface area contributed by atoms with E-state index in [1.54, 1.807) is 0 Å². The van der Waals surface area contributed by atoms with Gasteiger partial charge in [0.05, 0.1) is 12.5 Å². The molecule has 5 heteroatoms. The molecule has 0 amide bonds. The molecular formula is C12H14O5. The van der Waals surface area contributed by atoms with Gasteiger partial charge in [-0.05, 0) is 31.5 Å². The zero-order chi connectivity index (χ0) is 13.2. The van der Waals surface area contributed by atoms with Gasteiger partial charge in [0.1, 0.15) is 11.3 Å². The third-order valence-electron chi connectivity index (χ3n) is 2.66. The first-order valence-electron chi connectivity index (χ1n) is 4.96. The number of carboxylic acid groups (broad SMARTS) is 1. The van der Waals surface area contributed by atoms with E-state index in [9.17, 15) is 14.7 Å². The van der Waals surface area contributed by atoms with Crippen molar-refractivity contribution in [1.29, 1.82) is 0 Å². The predicted octanol–water partition coefficient (Wildman–Crippen LogP) is 1.54. The number of methoxy groups -OCH3 is 1. The number of aromatic hydroxyl groups is 1. The molecule has 92 valence electrons. The van der Waals surface area contributed by atoms with Gasteiger partial charge in [0.25, 0.3) is 0 Å². The standard InChI is InChI=1S/C12H14O5/c1-12(2,11(15)16)7-4-5-9(13)8(6-7)10(14)17-3/h4-6,13H,1-3H3,(H,15,16). The molecule has 0 aromatic heterocycles. The summed E-state index contributed by atoms with van der Waals surface area (Å²) in [6, 6.07) is 4.08. The molecule has 0 radical (unpaired) electrons. The van der Waals surface area contributed by atoms with E-state index in [1.807, 2.05) is 0 Å². The van der Waals surface area contributed by atoms with Gasteiger partial charge >= 0.3 is 11.9 Å². The Hall–Kier alpha value is -2.04. The number of carboxylic acids is 1. The van der Waals surface area contributed by atoms with Crippen LogP contribution in [0.3, 0.4) is 0 Å². The number of hydrogen-bond acceptors (Lipinski definition) is 4. The summed E-state index contributed by atoms with van der Waals surface area (Å²) in [6.45, 7) is 3.03. The van der Waals surface area contributed by atoms with Gasteiger partial charge in [-0.15, -0.1) is 0 Å². The van der Waals surface area contributed by atoms with Gasteiger partial charge < -0.3 is 14.9 Å². The zero-order valence-corrected chi connectivity index (χ0v) is 9.85. The van der Waals surface area contributed by atoms with Crippen molar-refractivity contribution in [3.8, 4) is 5.75 Å². The van der Waals surface area contributed by atoms with E-state index < -0.39 is 17.4 Å². The Bertz CT molecular complexity index is 462. The van der Waals surface area contributed by atoms with Crippen LogP contribution < -0.4 is 0 Å². The number of phenols is 1. The number of carbonyl (C=O) groups is 2. The van der Waals surface area contributed by atoms with Crippen molar-refractivity contribution < 1.29 is 24.5 Å².